The average Bonchev–Trinajstić information content (AvgIpc) is 2.64. The van der Waals surface area contributed by atoms with Crippen LogP contribution in [0.5, 0.6) is 5.75 Å². The van der Waals surface area contributed by atoms with E-state index in [1.54, 1.807) is 19.1 Å². The number of Topliss-reactive ketones (excluding diaryl/α,β-unsaturated/α-hetero) is 1. The summed E-state index contributed by atoms with van der Waals surface area (Å²) in [5.41, 5.74) is 1.91. The Bertz CT molecular complexity index is 693. The van der Waals surface area contributed by atoms with Crippen molar-refractivity contribution in [1.29, 1.82) is 0 Å². The minimum Gasteiger partial charge on any atom is -0.492 e. The molecule has 1 heterocycles. The van der Waals surface area contributed by atoms with Gasteiger partial charge in [0.05, 0.1) is 0 Å². The van der Waals surface area contributed by atoms with Crippen molar-refractivity contribution in [2.45, 2.75) is 6.92 Å². The predicted molar refractivity (Wildman–Crippen MR) is 97.0 cm³/mol. The molecule has 3 rings (SSSR count). The summed E-state index contributed by atoms with van der Waals surface area (Å²) in [5, 5.41) is 0. The maximum Gasteiger partial charge on any atom is 0.159 e. The van der Waals surface area contributed by atoms with Crippen LogP contribution in [0.3, 0.4) is 0 Å². The van der Waals surface area contributed by atoms with Crippen LogP contribution in [-0.2, 0) is 0 Å². The maximum atomic E-state index is 12.9. The summed E-state index contributed by atoms with van der Waals surface area (Å²) in [7, 11) is 0. The van der Waals surface area contributed by atoms with Crippen LogP contribution < -0.4 is 9.64 Å². The Balaban J connectivity index is 1.42. The van der Waals surface area contributed by atoms with Gasteiger partial charge in [0.25, 0.3) is 0 Å². The highest BCUT2D eigenvalue weighted by atomic mass is 19.1. The molecular formula is C20H23FN2O2. The number of piperazine rings is 1. The second-order valence-corrected chi connectivity index (χ2v) is 6.23. The van der Waals surface area contributed by atoms with Gasteiger partial charge in [-0.1, -0.05) is 0 Å². The number of anilines is 1. The van der Waals surface area contributed by atoms with Crippen molar-refractivity contribution in [3.63, 3.8) is 0 Å². The lowest BCUT2D eigenvalue weighted by molar-refractivity contribution is 0.101. The van der Waals surface area contributed by atoms with Crippen molar-refractivity contribution in [2.75, 3.05) is 44.2 Å². The molecule has 0 aromatic heterocycles. The van der Waals surface area contributed by atoms with Gasteiger partial charge in [0.2, 0.25) is 0 Å². The van der Waals surface area contributed by atoms with Gasteiger partial charge in [-0.25, -0.2) is 4.39 Å². The summed E-state index contributed by atoms with van der Waals surface area (Å²) in [5.74, 6) is 0.544. The van der Waals surface area contributed by atoms with Crippen LogP contribution in [-0.4, -0.2) is 50.0 Å². The van der Waals surface area contributed by atoms with Gasteiger partial charge in [0.15, 0.2) is 5.78 Å². The van der Waals surface area contributed by atoms with E-state index in [1.807, 2.05) is 24.3 Å². The molecule has 0 saturated carbocycles. The van der Waals surface area contributed by atoms with Gasteiger partial charge in [-0.05, 0) is 55.5 Å². The lowest BCUT2D eigenvalue weighted by Gasteiger charge is -2.36. The fourth-order valence-corrected chi connectivity index (χ4v) is 2.96. The minimum atomic E-state index is -0.250. The highest BCUT2D eigenvalue weighted by Crippen LogP contribution is 2.18. The van der Waals surface area contributed by atoms with Crippen LogP contribution in [0, 0.1) is 5.82 Å². The van der Waals surface area contributed by atoms with E-state index in [0.29, 0.717) is 12.4 Å². The number of hydrogen-bond acceptors (Lipinski definition) is 4. The van der Waals surface area contributed by atoms with E-state index in [9.17, 15) is 9.18 Å². The third-order valence-corrected chi connectivity index (χ3v) is 4.50. The molecule has 0 atom stereocenters. The highest BCUT2D eigenvalue weighted by molar-refractivity contribution is 5.94. The second kappa shape index (κ2) is 8.12. The first kappa shape index (κ1) is 17.4. The minimum absolute atomic E-state index is 0.0949. The number of ketones is 1. The molecule has 0 aliphatic carbocycles. The molecule has 2 aromatic carbocycles. The molecule has 1 fully saturated rings. The molecular weight excluding hydrogens is 319 g/mol. The van der Waals surface area contributed by atoms with Gasteiger partial charge < -0.3 is 9.64 Å². The van der Waals surface area contributed by atoms with Gasteiger partial charge in [-0.15, -0.1) is 0 Å². The zero-order chi connectivity index (χ0) is 17.6. The van der Waals surface area contributed by atoms with E-state index in [-0.39, 0.29) is 11.6 Å². The number of benzene rings is 2. The van der Waals surface area contributed by atoms with Crippen molar-refractivity contribution < 1.29 is 13.9 Å². The Hall–Kier alpha value is -2.40. The summed E-state index contributed by atoms with van der Waals surface area (Å²) >= 11 is 0. The fourth-order valence-electron chi connectivity index (χ4n) is 2.96. The second-order valence-electron chi connectivity index (χ2n) is 6.23. The lowest BCUT2D eigenvalue weighted by atomic mass is 10.1. The summed E-state index contributed by atoms with van der Waals surface area (Å²) < 4.78 is 18.5. The van der Waals surface area contributed by atoms with Crippen molar-refractivity contribution in [3.8, 4) is 5.75 Å². The fraction of sp³-hybridized carbons (Fsp3) is 0.350. The van der Waals surface area contributed by atoms with Crippen LogP contribution in [0.25, 0.3) is 0 Å². The van der Waals surface area contributed by atoms with E-state index in [2.05, 4.69) is 9.80 Å². The van der Waals surface area contributed by atoms with Crippen molar-refractivity contribution in [1.82, 2.24) is 4.90 Å². The number of rotatable bonds is 6. The molecule has 5 heteroatoms. The molecule has 0 N–H and O–H groups in total. The average molecular weight is 342 g/mol. The first-order valence-electron chi connectivity index (χ1n) is 8.58. The Morgan fingerprint density at radius 2 is 1.64 bits per heavy atom. The van der Waals surface area contributed by atoms with Crippen molar-refractivity contribution >= 4 is 11.5 Å². The Kier molecular flexibility index (Phi) is 5.66. The summed E-state index contributed by atoms with van der Waals surface area (Å²) in [4.78, 5) is 16.0. The number of ether oxygens (including phenoxy) is 1. The van der Waals surface area contributed by atoms with Gasteiger partial charge in [0.1, 0.15) is 18.2 Å². The molecule has 25 heavy (non-hydrogen) atoms. The molecule has 0 amide bonds. The van der Waals surface area contributed by atoms with Gasteiger partial charge >= 0.3 is 0 Å². The monoisotopic (exact) mass is 342 g/mol. The van der Waals surface area contributed by atoms with E-state index in [1.165, 1.54) is 12.1 Å². The zero-order valence-corrected chi connectivity index (χ0v) is 14.5. The van der Waals surface area contributed by atoms with Crippen LogP contribution in [0.1, 0.15) is 17.3 Å². The molecule has 1 saturated heterocycles. The first-order valence-corrected chi connectivity index (χ1v) is 8.58. The van der Waals surface area contributed by atoms with E-state index >= 15 is 0 Å². The third kappa shape index (κ3) is 4.79. The molecule has 1 aliphatic heterocycles. The molecule has 132 valence electrons. The molecule has 4 nitrogen and oxygen atoms in total. The smallest absolute Gasteiger partial charge is 0.159 e. The van der Waals surface area contributed by atoms with Gasteiger partial charge in [0, 0.05) is 44.0 Å². The molecule has 0 bridgehead atoms. The SMILES string of the molecule is CC(=O)c1ccc(N2CCN(CCOc3ccc(F)cc3)CC2)cc1. The van der Waals surface area contributed by atoms with Gasteiger partial charge in [-0.3, -0.25) is 9.69 Å². The van der Waals surface area contributed by atoms with Crippen LogP contribution in [0.15, 0.2) is 48.5 Å². The Labute approximate surface area is 147 Å². The number of hydrogen-bond donors (Lipinski definition) is 0. The lowest BCUT2D eigenvalue weighted by Crippen LogP contribution is -2.47. The number of carbonyl (C=O) groups is 1. The molecule has 0 unspecified atom stereocenters. The quantitative estimate of drug-likeness (QED) is 0.755. The number of halogens is 1. The molecule has 0 spiro atoms. The van der Waals surface area contributed by atoms with E-state index in [0.717, 1.165) is 44.0 Å². The largest absolute Gasteiger partial charge is 0.492 e. The summed E-state index contributed by atoms with van der Waals surface area (Å²) in [6.07, 6.45) is 0. The van der Waals surface area contributed by atoms with E-state index in [4.69, 9.17) is 4.74 Å². The standard InChI is InChI=1S/C20H23FN2O2/c1-16(24)17-2-6-19(7-3-17)23-12-10-22(11-13-23)14-15-25-20-8-4-18(21)5-9-20/h2-9H,10-15H2,1H3. The number of nitrogens with zero attached hydrogens (tertiary/aromatic N) is 2. The highest BCUT2D eigenvalue weighted by Gasteiger charge is 2.17. The zero-order valence-electron chi connectivity index (χ0n) is 14.5. The van der Waals surface area contributed by atoms with Crippen molar-refractivity contribution in [3.05, 3.63) is 59.9 Å². The number of carbonyl (C=O) groups excluding carboxylic acids is 1. The van der Waals surface area contributed by atoms with Gasteiger partial charge in [-0.2, -0.15) is 0 Å². The normalized spacial score (nSPS) is 15.2. The summed E-state index contributed by atoms with van der Waals surface area (Å²) in [6.45, 7) is 6.89. The van der Waals surface area contributed by atoms with Crippen LogP contribution in [0.2, 0.25) is 0 Å². The maximum absolute atomic E-state index is 12.9. The Morgan fingerprint density at radius 3 is 2.24 bits per heavy atom. The predicted octanol–water partition coefficient (Wildman–Crippen LogP) is 3.23. The first-order chi connectivity index (χ1) is 12.1. The third-order valence-electron chi connectivity index (χ3n) is 4.50. The Morgan fingerprint density at radius 1 is 1.00 bits per heavy atom. The molecule has 1 aliphatic rings. The van der Waals surface area contributed by atoms with Crippen LogP contribution in [0.4, 0.5) is 10.1 Å². The van der Waals surface area contributed by atoms with Crippen molar-refractivity contribution in [2.24, 2.45) is 0 Å². The molecule has 2 aromatic rings. The molecule has 0 radical (unpaired) electrons. The topological polar surface area (TPSA) is 32.8 Å². The summed E-state index contributed by atoms with van der Waals surface area (Å²) in [6, 6.07) is 13.9. The van der Waals surface area contributed by atoms with E-state index < -0.39 is 0 Å². The van der Waals surface area contributed by atoms with Crippen LogP contribution >= 0.6 is 0 Å².